The van der Waals surface area contributed by atoms with Crippen LogP contribution in [0.2, 0.25) is 0 Å². The summed E-state index contributed by atoms with van der Waals surface area (Å²) in [6.07, 6.45) is 0.693. The highest BCUT2D eigenvalue weighted by Crippen LogP contribution is 2.30. The molecule has 3 rings (SSSR count). The fraction of sp³-hybridized carbons (Fsp3) is 0.417. The van der Waals surface area contributed by atoms with E-state index in [-0.39, 0.29) is 18.4 Å². The molecular formula is C24H30N2O5. The molecule has 0 N–H and O–H groups in total. The van der Waals surface area contributed by atoms with E-state index in [9.17, 15) is 9.59 Å². The standard InChI is InChI=1S/C24H30N2O5/c1-17-8-5-9-19(18(17)2)31-16-22(27)25-12-7-13-26(15-14-25)24(28)23-20(29-3)10-6-11-21(23)30-4/h5-6,8-11H,7,12-16H2,1-4H3. The molecule has 7 nitrogen and oxygen atoms in total. The zero-order valence-electron chi connectivity index (χ0n) is 18.6. The zero-order valence-corrected chi connectivity index (χ0v) is 18.6. The van der Waals surface area contributed by atoms with Gasteiger partial charge in [-0.3, -0.25) is 9.59 Å². The van der Waals surface area contributed by atoms with Crippen LogP contribution in [-0.2, 0) is 4.79 Å². The summed E-state index contributed by atoms with van der Waals surface area (Å²) in [7, 11) is 3.06. The molecule has 0 saturated carbocycles. The second-order valence-corrected chi connectivity index (χ2v) is 7.55. The number of aryl methyl sites for hydroxylation is 1. The highest BCUT2D eigenvalue weighted by Gasteiger charge is 2.27. The summed E-state index contributed by atoms with van der Waals surface area (Å²) in [5.74, 6) is 1.44. The van der Waals surface area contributed by atoms with Crippen LogP contribution in [0.5, 0.6) is 17.2 Å². The smallest absolute Gasteiger partial charge is 0.261 e. The number of amides is 2. The van der Waals surface area contributed by atoms with E-state index in [1.165, 1.54) is 14.2 Å². The lowest BCUT2D eigenvalue weighted by Crippen LogP contribution is -2.39. The van der Waals surface area contributed by atoms with Crippen molar-refractivity contribution in [1.82, 2.24) is 9.80 Å². The normalized spacial score (nSPS) is 14.1. The van der Waals surface area contributed by atoms with Crippen molar-refractivity contribution < 1.29 is 23.8 Å². The molecule has 1 heterocycles. The van der Waals surface area contributed by atoms with Crippen molar-refractivity contribution in [3.63, 3.8) is 0 Å². The first kappa shape index (κ1) is 22.5. The highest BCUT2D eigenvalue weighted by atomic mass is 16.5. The molecule has 1 aliphatic rings. The molecule has 0 atom stereocenters. The molecule has 0 radical (unpaired) electrons. The molecule has 0 spiro atoms. The number of carbonyl (C=O) groups is 2. The predicted octanol–water partition coefficient (Wildman–Crippen LogP) is 3.07. The quantitative estimate of drug-likeness (QED) is 0.710. The highest BCUT2D eigenvalue weighted by molar-refractivity contribution is 5.99. The molecule has 1 aliphatic heterocycles. The monoisotopic (exact) mass is 426 g/mol. The Bertz CT molecular complexity index is 921. The van der Waals surface area contributed by atoms with Crippen molar-refractivity contribution in [2.45, 2.75) is 20.3 Å². The maximum absolute atomic E-state index is 13.2. The number of ether oxygens (including phenoxy) is 3. The summed E-state index contributed by atoms with van der Waals surface area (Å²) in [6.45, 7) is 6.02. The van der Waals surface area contributed by atoms with Crippen molar-refractivity contribution >= 4 is 11.8 Å². The van der Waals surface area contributed by atoms with E-state index in [1.54, 1.807) is 28.0 Å². The first-order valence-corrected chi connectivity index (χ1v) is 10.4. The Morgan fingerprint density at radius 3 is 2.10 bits per heavy atom. The molecule has 1 fully saturated rings. The van der Waals surface area contributed by atoms with Crippen LogP contribution in [0.4, 0.5) is 0 Å². The first-order valence-electron chi connectivity index (χ1n) is 10.4. The lowest BCUT2D eigenvalue weighted by Gasteiger charge is -2.24. The van der Waals surface area contributed by atoms with Crippen LogP contribution in [0, 0.1) is 13.8 Å². The minimum atomic E-state index is -0.157. The topological polar surface area (TPSA) is 68.3 Å². The van der Waals surface area contributed by atoms with E-state index in [4.69, 9.17) is 14.2 Å². The molecule has 0 bridgehead atoms. The summed E-state index contributed by atoms with van der Waals surface area (Å²) in [5, 5.41) is 0. The zero-order chi connectivity index (χ0) is 22.4. The van der Waals surface area contributed by atoms with Gasteiger partial charge in [0.25, 0.3) is 11.8 Å². The van der Waals surface area contributed by atoms with Gasteiger partial charge in [0.1, 0.15) is 22.8 Å². The van der Waals surface area contributed by atoms with Crippen molar-refractivity contribution in [3.05, 3.63) is 53.1 Å². The van der Waals surface area contributed by atoms with Crippen LogP contribution < -0.4 is 14.2 Å². The van der Waals surface area contributed by atoms with Crippen molar-refractivity contribution in [1.29, 1.82) is 0 Å². The summed E-state index contributed by atoms with van der Waals surface area (Å²) >= 11 is 0. The van der Waals surface area contributed by atoms with Gasteiger partial charge in [-0.05, 0) is 49.6 Å². The molecule has 2 amide bonds. The molecule has 166 valence electrons. The van der Waals surface area contributed by atoms with Gasteiger partial charge in [-0.2, -0.15) is 0 Å². The second kappa shape index (κ2) is 10.2. The molecule has 0 aliphatic carbocycles. The number of benzene rings is 2. The maximum atomic E-state index is 13.2. The Labute approximate surface area is 183 Å². The van der Waals surface area contributed by atoms with Gasteiger partial charge >= 0.3 is 0 Å². The van der Waals surface area contributed by atoms with E-state index in [0.717, 1.165) is 16.9 Å². The first-order chi connectivity index (χ1) is 15.0. The Hall–Kier alpha value is -3.22. The molecule has 1 saturated heterocycles. The van der Waals surface area contributed by atoms with E-state index in [0.29, 0.717) is 49.7 Å². The molecule has 31 heavy (non-hydrogen) atoms. The van der Waals surface area contributed by atoms with E-state index in [2.05, 4.69) is 0 Å². The SMILES string of the molecule is COc1cccc(OC)c1C(=O)N1CCCN(C(=O)COc2cccc(C)c2C)CC1. The number of carbonyl (C=O) groups excluding carboxylic acids is 2. The van der Waals surface area contributed by atoms with Crippen molar-refractivity contribution in [2.75, 3.05) is 47.0 Å². The molecule has 2 aromatic rings. The molecule has 0 unspecified atom stereocenters. The summed E-state index contributed by atoms with van der Waals surface area (Å²) in [6, 6.07) is 11.1. The second-order valence-electron chi connectivity index (χ2n) is 7.55. The Kier molecular flexibility index (Phi) is 7.39. The molecular weight excluding hydrogens is 396 g/mol. The minimum absolute atomic E-state index is 0.0153. The third-order valence-electron chi connectivity index (χ3n) is 5.68. The maximum Gasteiger partial charge on any atom is 0.261 e. The van der Waals surface area contributed by atoms with Gasteiger partial charge in [0.05, 0.1) is 14.2 Å². The number of nitrogens with zero attached hydrogens (tertiary/aromatic N) is 2. The van der Waals surface area contributed by atoms with Gasteiger partial charge < -0.3 is 24.0 Å². The predicted molar refractivity (Wildman–Crippen MR) is 118 cm³/mol. The molecule has 2 aromatic carbocycles. The largest absolute Gasteiger partial charge is 0.496 e. The minimum Gasteiger partial charge on any atom is -0.496 e. The van der Waals surface area contributed by atoms with Crippen LogP contribution in [0.3, 0.4) is 0 Å². The summed E-state index contributed by atoms with van der Waals surface area (Å²) in [5.41, 5.74) is 2.57. The molecule has 7 heteroatoms. The van der Waals surface area contributed by atoms with E-state index in [1.807, 2.05) is 32.0 Å². The lowest BCUT2D eigenvalue weighted by molar-refractivity contribution is -0.133. The van der Waals surface area contributed by atoms with Gasteiger partial charge in [0.15, 0.2) is 6.61 Å². The van der Waals surface area contributed by atoms with Gasteiger partial charge in [-0.1, -0.05) is 18.2 Å². The number of hydrogen-bond donors (Lipinski definition) is 0. The average Bonchev–Trinajstić information content (AvgIpc) is 3.05. The lowest BCUT2D eigenvalue weighted by atomic mass is 10.1. The fourth-order valence-electron chi connectivity index (χ4n) is 3.70. The van der Waals surface area contributed by atoms with Gasteiger partial charge in [0.2, 0.25) is 0 Å². The average molecular weight is 427 g/mol. The van der Waals surface area contributed by atoms with Crippen LogP contribution in [0.1, 0.15) is 27.9 Å². The Balaban J connectivity index is 1.63. The van der Waals surface area contributed by atoms with Crippen LogP contribution in [0.15, 0.2) is 36.4 Å². The van der Waals surface area contributed by atoms with E-state index < -0.39 is 0 Å². The van der Waals surface area contributed by atoms with Crippen molar-refractivity contribution in [3.8, 4) is 17.2 Å². The van der Waals surface area contributed by atoms with Gasteiger partial charge in [-0.15, -0.1) is 0 Å². The summed E-state index contributed by atoms with van der Waals surface area (Å²) in [4.78, 5) is 29.4. The van der Waals surface area contributed by atoms with Gasteiger partial charge in [-0.25, -0.2) is 0 Å². The van der Waals surface area contributed by atoms with E-state index >= 15 is 0 Å². The van der Waals surface area contributed by atoms with Gasteiger partial charge in [0, 0.05) is 26.2 Å². The number of methoxy groups -OCH3 is 2. The van der Waals surface area contributed by atoms with Crippen LogP contribution >= 0.6 is 0 Å². The van der Waals surface area contributed by atoms with Crippen LogP contribution in [-0.4, -0.2) is 68.6 Å². The van der Waals surface area contributed by atoms with Crippen LogP contribution in [0.25, 0.3) is 0 Å². The third kappa shape index (κ3) is 5.10. The number of rotatable bonds is 6. The Morgan fingerprint density at radius 1 is 0.839 bits per heavy atom. The fourth-order valence-corrected chi connectivity index (χ4v) is 3.70. The Morgan fingerprint density at radius 2 is 1.42 bits per heavy atom. The third-order valence-corrected chi connectivity index (χ3v) is 5.68. The summed E-state index contributed by atoms with van der Waals surface area (Å²) < 4.78 is 16.5. The number of hydrogen-bond acceptors (Lipinski definition) is 5. The molecule has 0 aromatic heterocycles. The van der Waals surface area contributed by atoms with Crippen molar-refractivity contribution in [2.24, 2.45) is 0 Å².